The van der Waals surface area contributed by atoms with E-state index in [4.69, 9.17) is 4.42 Å². The standard InChI is InChI=1S/C24H27NO4/c26-19-14-20(27)24-21(28)16-22(29-23(24)15-19)18-9-7-17(8-10-18)6-2-5-13-25-11-3-1-4-12-25/h7-10,14-16,26-27H,1-6,11-13H2. The Hall–Kier alpha value is -2.79. The highest BCUT2D eigenvalue weighted by molar-refractivity contribution is 5.85. The number of hydrogen-bond donors (Lipinski definition) is 2. The smallest absolute Gasteiger partial charge is 0.197 e. The molecule has 1 aliphatic rings. The maximum Gasteiger partial charge on any atom is 0.197 e. The van der Waals surface area contributed by atoms with E-state index in [1.165, 1.54) is 69.4 Å². The molecule has 1 aromatic heterocycles. The molecule has 0 atom stereocenters. The molecule has 29 heavy (non-hydrogen) atoms. The van der Waals surface area contributed by atoms with Crippen LogP contribution in [0.25, 0.3) is 22.3 Å². The zero-order valence-corrected chi connectivity index (χ0v) is 16.6. The first kappa shape index (κ1) is 19.5. The van der Waals surface area contributed by atoms with Gasteiger partial charge in [-0.2, -0.15) is 0 Å². The second kappa shape index (κ2) is 8.70. The second-order valence-corrected chi connectivity index (χ2v) is 7.87. The summed E-state index contributed by atoms with van der Waals surface area (Å²) in [5.41, 5.74) is 1.90. The third-order valence-electron chi connectivity index (χ3n) is 5.67. The monoisotopic (exact) mass is 393 g/mol. The normalized spacial score (nSPS) is 15.0. The van der Waals surface area contributed by atoms with Crippen molar-refractivity contribution >= 4 is 11.0 Å². The van der Waals surface area contributed by atoms with Gasteiger partial charge in [0.15, 0.2) is 5.43 Å². The molecule has 5 heteroatoms. The summed E-state index contributed by atoms with van der Waals surface area (Å²) in [7, 11) is 0. The highest BCUT2D eigenvalue weighted by Gasteiger charge is 2.12. The molecular formula is C24H27NO4. The van der Waals surface area contributed by atoms with Crippen LogP contribution in [0.15, 0.2) is 51.7 Å². The first-order chi connectivity index (χ1) is 14.1. The van der Waals surface area contributed by atoms with Gasteiger partial charge in [0.1, 0.15) is 28.2 Å². The minimum absolute atomic E-state index is 0.0804. The highest BCUT2D eigenvalue weighted by Crippen LogP contribution is 2.30. The van der Waals surface area contributed by atoms with Crippen LogP contribution in [0, 0.1) is 0 Å². The summed E-state index contributed by atoms with van der Waals surface area (Å²) >= 11 is 0. The Bertz CT molecular complexity index is 1030. The van der Waals surface area contributed by atoms with Crippen molar-refractivity contribution in [2.45, 2.75) is 38.5 Å². The van der Waals surface area contributed by atoms with Gasteiger partial charge in [-0.1, -0.05) is 30.7 Å². The van der Waals surface area contributed by atoms with E-state index in [2.05, 4.69) is 17.0 Å². The number of unbranched alkanes of at least 4 members (excludes halogenated alkanes) is 1. The van der Waals surface area contributed by atoms with Crippen molar-refractivity contribution in [2.24, 2.45) is 0 Å². The Labute approximate surface area is 170 Å². The number of nitrogens with zero attached hydrogens (tertiary/aromatic N) is 1. The lowest BCUT2D eigenvalue weighted by Crippen LogP contribution is -2.30. The van der Waals surface area contributed by atoms with Crippen molar-refractivity contribution in [3.8, 4) is 22.8 Å². The molecule has 0 radical (unpaired) electrons. The van der Waals surface area contributed by atoms with E-state index in [0.29, 0.717) is 5.76 Å². The van der Waals surface area contributed by atoms with Gasteiger partial charge in [-0.05, 0) is 57.3 Å². The average molecular weight is 393 g/mol. The fourth-order valence-electron chi connectivity index (χ4n) is 4.08. The van der Waals surface area contributed by atoms with Crippen LogP contribution in [0.3, 0.4) is 0 Å². The Balaban J connectivity index is 1.41. The van der Waals surface area contributed by atoms with Crippen molar-refractivity contribution in [1.29, 1.82) is 0 Å². The number of likely N-dealkylation sites (tertiary alicyclic amines) is 1. The molecule has 2 N–H and O–H groups in total. The van der Waals surface area contributed by atoms with Crippen LogP contribution >= 0.6 is 0 Å². The van der Waals surface area contributed by atoms with Crippen LogP contribution in [0.2, 0.25) is 0 Å². The molecule has 0 aliphatic carbocycles. The Morgan fingerprint density at radius 2 is 1.69 bits per heavy atom. The summed E-state index contributed by atoms with van der Waals surface area (Å²) in [4.78, 5) is 14.9. The zero-order valence-electron chi connectivity index (χ0n) is 16.6. The van der Waals surface area contributed by atoms with E-state index in [9.17, 15) is 15.0 Å². The van der Waals surface area contributed by atoms with Gasteiger partial charge < -0.3 is 19.5 Å². The molecule has 0 amide bonds. The van der Waals surface area contributed by atoms with E-state index in [0.717, 1.165) is 18.1 Å². The molecule has 0 spiro atoms. The molecule has 1 aliphatic heterocycles. The lowest BCUT2D eigenvalue weighted by molar-refractivity contribution is 0.225. The van der Waals surface area contributed by atoms with Gasteiger partial charge >= 0.3 is 0 Å². The van der Waals surface area contributed by atoms with Crippen molar-refractivity contribution in [1.82, 2.24) is 4.90 Å². The Kier molecular flexibility index (Phi) is 5.86. The van der Waals surface area contributed by atoms with Crippen LogP contribution in [-0.2, 0) is 6.42 Å². The molecule has 152 valence electrons. The minimum atomic E-state index is -0.333. The molecule has 2 aromatic carbocycles. The Morgan fingerprint density at radius 3 is 2.45 bits per heavy atom. The molecule has 1 saturated heterocycles. The number of phenols is 2. The van der Waals surface area contributed by atoms with Gasteiger partial charge in [0.05, 0.1) is 0 Å². The van der Waals surface area contributed by atoms with E-state index in [1.807, 2.05) is 12.1 Å². The summed E-state index contributed by atoms with van der Waals surface area (Å²) in [6, 6.07) is 11.9. The number of phenolic OH excluding ortho intramolecular Hbond substituents is 2. The van der Waals surface area contributed by atoms with Gasteiger partial charge in [-0.25, -0.2) is 0 Å². The molecule has 5 nitrogen and oxygen atoms in total. The topological polar surface area (TPSA) is 73.9 Å². The maximum absolute atomic E-state index is 12.4. The molecule has 0 unspecified atom stereocenters. The zero-order chi connectivity index (χ0) is 20.2. The fourth-order valence-corrected chi connectivity index (χ4v) is 4.08. The van der Waals surface area contributed by atoms with Crippen LogP contribution in [-0.4, -0.2) is 34.7 Å². The lowest BCUT2D eigenvalue weighted by Gasteiger charge is -2.26. The van der Waals surface area contributed by atoms with Crippen molar-refractivity contribution in [3.63, 3.8) is 0 Å². The molecular weight excluding hydrogens is 366 g/mol. The molecule has 0 saturated carbocycles. The van der Waals surface area contributed by atoms with E-state index in [1.54, 1.807) is 0 Å². The van der Waals surface area contributed by atoms with Crippen LogP contribution < -0.4 is 5.43 Å². The molecule has 0 bridgehead atoms. The Morgan fingerprint density at radius 1 is 0.931 bits per heavy atom. The maximum atomic E-state index is 12.4. The first-order valence-corrected chi connectivity index (χ1v) is 10.4. The number of piperidine rings is 1. The van der Waals surface area contributed by atoms with Crippen LogP contribution in [0.5, 0.6) is 11.5 Å². The fraction of sp³-hybridized carbons (Fsp3) is 0.375. The first-order valence-electron chi connectivity index (χ1n) is 10.4. The minimum Gasteiger partial charge on any atom is -0.508 e. The SMILES string of the molecule is O=c1cc(-c2ccc(CCCCN3CCCCC3)cc2)oc2cc(O)cc(O)c12. The van der Waals surface area contributed by atoms with Crippen LogP contribution in [0.4, 0.5) is 0 Å². The summed E-state index contributed by atoms with van der Waals surface area (Å²) in [6.07, 6.45) is 7.48. The summed E-state index contributed by atoms with van der Waals surface area (Å²) in [5, 5.41) is 19.6. The quantitative estimate of drug-likeness (QED) is 0.595. The van der Waals surface area contributed by atoms with Gasteiger partial charge in [0.25, 0.3) is 0 Å². The summed E-state index contributed by atoms with van der Waals surface area (Å²) in [6.45, 7) is 3.70. The average Bonchev–Trinajstić information content (AvgIpc) is 2.71. The third kappa shape index (κ3) is 4.62. The third-order valence-corrected chi connectivity index (χ3v) is 5.67. The predicted octanol–water partition coefficient (Wildman–Crippen LogP) is 4.68. The number of aryl methyl sites for hydroxylation is 1. The van der Waals surface area contributed by atoms with Crippen LogP contribution in [0.1, 0.15) is 37.7 Å². The summed E-state index contributed by atoms with van der Waals surface area (Å²) < 4.78 is 5.77. The molecule has 4 rings (SSSR count). The van der Waals surface area contributed by atoms with Gasteiger partial charge in [-0.3, -0.25) is 4.79 Å². The predicted molar refractivity (Wildman–Crippen MR) is 114 cm³/mol. The number of rotatable bonds is 6. The van der Waals surface area contributed by atoms with Gasteiger partial charge in [0, 0.05) is 23.8 Å². The second-order valence-electron chi connectivity index (χ2n) is 7.87. The largest absolute Gasteiger partial charge is 0.508 e. The lowest BCUT2D eigenvalue weighted by atomic mass is 10.0. The van der Waals surface area contributed by atoms with Gasteiger partial charge in [-0.15, -0.1) is 0 Å². The highest BCUT2D eigenvalue weighted by atomic mass is 16.3. The van der Waals surface area contributed by atoms with Crippen molar-refractivity contribution in [3.05, 3.63) is 58.3 Å². The van der Waals surface area contributed by atoms with Gasteiger partial charge in [0.2, 0.25) is 0 Å². The van der Waals surface area contributed by atoms with E-state index in [-0.39, 0.29) is 27.9 Å². The molecule has 1 fully saturated rings. The summed E-state index contributed by atoms with van der Waals surface area (Å²) in [5.74, 6) is -0.000416. The van der Waals surface area contributed by atoms with Crippen molar-refractivity contribution in [2.75, 3.05) is 19.6 Å². The van der Waals surface area contributed by atoms with E-state index < -0.39 is 0 Å². The number of aromatic hydroxyl groups is 2. The van der Waals surface area contributed by atoms with E-state index >= 15 is 0 Å². The number of hydrogen-bond acceptors (Lipinski definition) is 5. The molecule has 2 heterocycles. The molecule has 3 aromatic rings. The number of fused-ring (bicyclic) bond motifs is 1. The number of benzene rings is 2. The van der Waals surface area contributed by atoms with Crippen molar-refractivity contribution < 1.29 is 14.6 Å².